The quantitative estimate of drug-likeness (QED) is 0.813. The van der Waals surface area contributed by atoms with Crippen molar-refractivity contribution in [2.24, 2.45) is 0 Å². The van der Waals surface area contributed by atoms with E-state index in [9.17, 15) is 12.8 Å². The maximum Gasteiger partial charge on any atom is 0.211 e. The van der Waals surface area contributed by atoms with Gasteiger partial charge < -0.3 is 0 Å². The minimum atomic E-state index is -3.19. The van der Waals surface area contributed by atoms with Gasteiger partial charge in [-0.2, -0.15) is 5.10 Å². The van der Waals surface area contributed by atoms with Crippen molar-refractivity contribution in [2.75, 3.05) is 18.8 Å². The Hall–Kier alpha value is -1.77. The number of rotatable bonds is 7. The first kappa shape index (κ1) is 18.0. The Morgan fingerprint density at radius 2 is 2.12 bits per heavy atom. The summed E-state index contributed by atoms with van der Waals surface area (Å²) in [6.45, 7) is 3.91. The molecule has 2 aromatic rings. The first-order chi connectivity index (χ1) is 12.0. The van der Waals surface area contributed by atoms with Crippen LogP contribution in [0.2, 0.25) is 0 Å². The fraction of sp³-hybridized carbons (Fsp3) is 0.471. The third-order valence-corrected chi connectivity index (χ3v) is 5.89. The smallest absolute Gasteiger partial charge is 0.211 e. The van der Waals surface area contributed by atoms with Gasteiger partial charge in [-0.15, -0.1) is 0 Å². The summed E-state index contributed by atoms with van der Waals surface area (Å²) < 4.78 is 41.7. The topological polar surface area (TPSA) is 67.2 Å². The summed E-state index contributed by atoms with van der Waals surface area (Å²) in [5.41, 5.74) is 1.73. The van der Waals surface area contributed by atoms with E-state index in [-0.39, 0.29) is 17.6 Å². The predicted octanol–water partition coefficient (Wildman–Crippen LogP) is 1.91. The van der Waals surface area contributed by atoms with Gasteiger partial charge in [0.2, 0.25) is 10.0 Å². The standard InChI is InChI=1S/C17H23FN4O2S/c1-2-25(23,24)20-10-8-16-13-21(12-15-7-9-19-22(15)16)11-14-5-3-4-6-17(14)18/h3-7,9,16,20H,2,8,10-13H2,1H3/t16-/m0/s1. The molecule has 0 saturated heterocycles. The summed E-state index contributed by atoms with van der Waals surface area (Å²) in [5.74, 6) is -0.127. The van der Waals surface area contributed by atoms with Crippen LogP contribution in [0.15, 0.2) is 36.5 Å². The minimum Gasteiger partial charge on any atom is -0.291 e. The highest BCUT2D eigenvalue weighted by Gasteiger charge is 2.26. The molecule has 8 heteroatoms. The summed E-state index contributed by atoms with van der Waals surface area (Å²) in [7, 11) is -3.19. The lowest BCUT2D eigenvalue weighted by atomic mass is 10.1. The van der Waals surface area contributed by atoms with Gasteiger partial charge in [-0.1, -0.05) is 18.2 Å². The van der Waals surface area contributed by atoms with Crippen molar-refractivity contribution < 1.29 is 12.8 Å². The van der Waals surface area contributed by atoms with Crippen molar-refractivity contribution >= 4 is 10.0 Å². The van der Waals surface area contributed by atoms with Gasteiger partial charge in [-0.25, -0.2) is 17.5 Å². The van der Waals surface area contributed by atoms with Gasteiger partial charge in [-0.05, 0) is 25.5 Å². The molecule has 3 rings (SSSR count). The van der Waals surface area contributed by atoms with E-state index in [1.165, 1.54) is 6.07 Å². The molecule has 1 N–H and O–H groups in total. The van der Waals surface area contributed by atoms with Crippen molar-refractivity contribution in [1.29, 1.82) is 0 Å². The molecule has 0 unspecified atom stereocenters. The first-order valence-corrected chi connectivity index (χ1v) is 10.1. The van der Waals surface area contributed by atoms with Crippen LogP contribution >= 0.6 is 0 Å². The molecule has 1 aromatic heterocycles. The summed E-state index contributed by atoms with van der Waals surface area (Å²) in [4.78, 5) is 2.18. The predicted molar refractivity (Wildman–Crippen MR) is 93.9 cm³/mol. The van der Waals surface area contributed by atoms with Crippen LogP contribution in [0.25, 0.3) is 0 Å². The van der Waals surface area contributed by atoms with Crippen LogP contribution in [-0.4, -0.2) is 41.9 Å². The number of nitrogens with one attached hydrogen (secondary N) is 1. The number of benzene rings is 1. The van der Waals surface area contributed by atoms with Gasteiger partial charge in [0.15, 0.2) is 0 Å². The van der Waals surface area contributed by atoms with Crippen molar-refractivity contribution in [3.05, 3.63) is 53.6 Å². The number of sulfonamides is 1. The summed E-state index contributed by atoms with van der Waals surface area (Å²) >= 11 is 0. The van der Waals surface area contributed by atoms with E-state index in [4.69, 9.17) is 0 Å². The molecule has 0 bridgehead atoms. The number of hydrogen-bond donors (Lipinski definition) is 1. The second-order valence-corrected chi connectivity index (χ2v) is 8.36. The van der Waals surface area contributed by atoms with Crippen LogP contribution in [0.1, 0.15) is 30.6 Å². The fourth-order valence-electron chi connectivity index (χ4n) is 3.15. The van der Waals surface area contributed by atoms with Gasteiger partial charge in [-0.3, -0.25) is 9.58 Å². The van der Waals surface area contributed by atoms with Crippen molar-refractivity contribution in [3.63, 3.8) is 0 Å². The Kier molecular flexibility index (Phi) is 5.51. The molecule has 0 radical (unpaired) electrons. The van der Waals surface area contributed by atoms with Crippen molar-refractivity contribution in [3.8, 4) is 0 Å². The highest BCUT2D eigenvalue weighted by Crippen LogP contribution is 2.24. The zero-order valence-electron chi connectivity index (χ0n) is 14.2. The Morgan fingerprint density at radius 1 is 1.32 bits per heavy atom. The van der Waals surface area contributed by atoms with E-state index in [1.54, 1.807) is 25.3 Å². The second kappa shape index (κ2) is 7.63. The van der Waals surface area contributed by atoms with Gasteiger partial charge in [0.1, 0.15) is 5.82 Å². The minimum absolute atomic E-state index is 0.0603. The zero-order valence-corrected chi connectivity index (χ0v) is 15.0. The molecule has 0 saturated carbocycles. The summed E-state index contributed by atoms with van der Waals surface area (Å²) in [6, 6.07) is 8.81. The molecule has 0 amide bonds. The van der Waals surface area contributed by atoms with Crippen LogP contribution in [0.3, 0.4) is 0 Å². The third-order valence-electron chi connectivity index (χ3n) is 4.48. The van der Waals surface area contributed by atoms with E-state index in [0.29, 0.717) is 38.2 Å². The molecule has 1 atom stereocenters. The van der Waals surface area contributed by atoms with Gasteiger partial charge >= 0.3 is 0 Å². The Labute approximate surface area is 147 Å². The molecular weight excluding hydrogens is 343 g/mol. The van der Waals surface area contributed by atoms with Crippen LogP contribution in [0.4, 0.5) is 4.39 Å². The van der Waals surface area contributed by atoms with E-state index >= 15 is 0 Å². The molecule has 0 fully saturated rings. The van der Waals surface area contributed by atoms with Gasteiger partial charge in [0.05, 0.1) is 17.5 Å². The lowest BCUT2D eigenvalue weighted by molar-refractivity contribution is 0.160. The number of hydrogen-bond acceptors (Lipinski definition) is 4. The Bertz CT molecular complexity index is 822. The Morgan fingerprint density at radius 3 is 2.88 bits per heavy atom. The van der Waals surface area contributed by atoms with Crippen LogP contribution in [0.5, 0.6) is 0 Å². The molecule has 0 aliphatic carbocycles. The van der Waals surface area contributed by atoms with E-state index < -0.39 is 10.0 Å². The molecule has 2 heterocycles. The molecule has 136 valence electrons. The maximum atomic E-state index is 13.9. The number of halogens is 1. The normalized spacial score (nSPS) is 18.2. The first-order valence-electron chi connectivity index (χ1n) is 8.44. The lowest BCUT2D eigenvalue weighted by Gasteiger charge is -2.34. The van der Waals surface area contributed by atoms with E-state index in [0.717, 1.165) is 5.69 Å². The number of aromatic nitrogens is 2. The maximum absolute atomic E-state index is 13.9. The van der Waals surface area contributed by atoms with Crippen molar-refractivity contribution in [2.45, 2.75) is 32.5 Å². The summed E-state index contributed by atoms with van der Waals surface area (Å²) in [6.07, 6.45) is 2.40. The monoisotopic (exact) mass is 366 g/mol. The summed E-state index contributed by atoms with van der Waals surface area (Å²) in [5, 5.41) is 4.37. The van der Waals surface area contributed by atoms with Crippen LogP contribution < -0.4 is 4.72 Å². The van der Waals surface area contributed by atoms with Gasteiger partial charge in [0, 0.05) is 37.9 Å². The molecular formula is C17H23FN4O2S. The largest absolute Gasteiger partial charge is 0.291 e. The molecule has 0 spiro atoms. The van der Waals surface area contributed by atoms with Crippen LogP contribution in [0, 0.1) is 5.82 Å². The number of nitrogens with zero attached hydrogens (tertiary/aromatic N) is 3. The SMILES string of the molecule is CCS(=O)(=O)NCC[C@H]1CN(Cc2ccccc2F)Cc2ccnn21. The molecule has 25 heavy (non-hydrogen) atoms. The van der Waals surface area contributed by atoms with Crippen molar-refractivity contribution in [1.82, 2.24) is 19.4 Å². The lowest BCUT2D eigenvalue weighted by Crippen LogP contribution is -2.39. The van der Waals surface area contributed by atoms with Gasteiger partial charge in [0.25, 0.3) is 0 Å². The highest BCUT2D eigenvalue weighted by atomic mass is 32.2. The zero-order chi connectivity index (χ0) is 17.9. The average Bonchev–Trinajstić information content (AvgIpc) is 3.05. The average molecular weight is 366 g/mol. The van der Waals surface area contributed by atoms with E-state index in [1.807, 2.05) is 16.8 Å². The highest BCUT2D eigenvalue weighted by molar-refractivity contribution is 7.89. The molecule has 1 aliphatic heterocycles. The fourth-order valence-corrected chi connectivity index (χ4v) is 3.78. The molecule has 1 aromatic carbocycles. The second-order valence-electron chi connectivity index (χ2n) is 6.27. The number of fused-ring (bicyclic) bond motifs is 1. The molecule has 1 aliphatic rings. The van der Waals surface area contributed by atoms with Crippen LogP contribution in [-0.2, 0) is 23.1 Å². The Balaban J connectivity index is 1.68. The van der Waals surface area contributed by atoms with E-state index in [2.05, 4.69) is 14.7 Å². The third kappa shape index (κ3) is 4.45. The molecule has 6 nitrogen and oxygen atoms in total.